The average molecular weight is 241 g/mol. The van der Waals surface area contributed by atoms with Crippen LogP contribution < -0.4 is 10.6 Å². The number of rotatable bonds is 3. The molecule has 0 aromatic heterocycles. The maximum absolute atomic E-state index is 11.1. The molecule has 98 valence electrons. The minimum absolute atomic E-state index is 0.0267. The molecular formula is C12H23N3O2. The van der Waals surface area contributed by atoms with Crippen LogP contribution in [0, 0.1) is 0 Å². The number of amides is 1. The van der Waals surface area contributed by atoms with Crippen LogP contribution in [-0.2, 0) is 4.79 Å². The lowest BCUT2D eigenvalue weighted by molar-refractivity contribution is -0.119. The minimum atomic E-state index is 0.0267. The van der Waals surface area contributed by atoms with Crippen molar-refractivity contribution in [3.63, 3.8) is 0 Å². The first kappa shape index (κ1) is 12.8. The molecule has 2 rings (SSSR count). The highest BCUT2D eigenvalue weighted by Crippen LogP contribution is 2.24. The van der Waals surface area contributed by atoms with E-state index in [0.717, 1.165) is 38.9 Å². The molecule has 2 unspecified atom stereocenters. The molecule has 2 fully saturated rings. The van der Waals surface area contributed by atoms with Crippen molar-refractivity contribution in [2.24, 2.45) is 0 Å². The van der Waals surface area contributed by atoms with E-state index in [1.54, 1.807) is 6.92 Å². The predicted octanol–water partition coefficient (Wildman–Crippen LogP) is -0.690. The maximum Gasteiger partial charge on any atom is 0.217 e. The topological polar surface area (TPSA) is 64.6 Å². The Hall–Kier alpha value is -0.650. The molecule has 0 radical (unpaired) electrons. The van der Waals surface area contributed by atoms with E-state index < -0.39 is 0 Å². The van der Waals surface area contributed by atoms with Crippen molar-refractivity contribution in [2.75, 3.05) is 26.2 Å². The highest BCUT2D eigenvalue weighted by atomic mass is 16.3. The lowest BCUT2D eigenvalue weighted by Crippen LogP contribution is -2.47. The van der Waals surface area contributed by atoms with Crippen molar-refractivity contribution >= 4 is 5.91 Å². The fourth-order valence-corrected chi connectivity index (χ4v) is 3.10. The number of hydrogen-bond donors (Lipinski definition) is 3. The summed E-state index contributed by atoms with van der Waals surface area (Å²) in [6, 6.07) is 0.988. The van der Waals surface area contributed by atoms with Crippen LogP contribution in [0.3, 0.4) is 0 Å². The summed E-state index contributed by atoms with van der Waals surface area (Å²) in [5, 5.41) is 15.8. The highest BCUT2D eigenvalue weighted by Gasteiger charge is 2.36. The van der Waals surface area contributed by atoms with Crippen molar-refractivity contribution in [3.8, 4) is 0 Å². The monoisotopic (exact) mass is 241 g/mol. The average Bonchev–Trinajstić information content (AvgIpc) is 2.72. The van der Waals surface area contributed by atoms with E-state index in [9.17, 15) is 9.90 Å². The fraction of sp³-hybridized carbons (Fsp3) is 0.917. The van der Waals surface area contributed by atoms with Gasteiger partial charge in [-0.1, -0.05) is 0 Å². The number of aliphatic hydroxyl groups is 1. The molecular weight excluding hydrogens is 218 g/mol. The molecule has 0 saturated carbocycles. The zero-order chi connectivity index (χ0) is 12.3. The minimum Gasteiger partial charge on any atom is -0.395 e. The molecule has 0 aliphatic carbocycles. The zero-order valence-corrected chi connectivity index (χ0v) is 10.5. The molecule has 0 aromatic carbocycles. The lowest BCUT2D eigenvalue weighted by atomic mass is 10.0. The van der Waals surface area contributed by atoms with Crippen molar-refractivity contribution in [3.05, 3.63) is 0 Å². The third-order valence-electron chi connectivity index (χ3n) is 3.85. The second-order valence-corrected chi connectivity index (χ2v) is 5.15. The molecule has 2 atom stereocenters. The van der Waals surface area contributed by atoms with Crippen LogP contribution in [0.2, 0.25) is 0 Å². The van der Waals surface area contributed by atoms with Crippen LogP contribution in [0.4, 0.5) is 0 Å². The molecule has 17 heavy (non-hydrogen) atoms. The Bertz CT molecular complexity index is 266. The molecule has 1 amide bonds. The predicted molar refractivity (Wildman–Crippen MR) is 65.7 cm³/mol. The molecule has 5 heteroatoms. The smallest absolute Gasteiger partial charge is 0.217 e. The maximum atomic E-state index is 11.1. The molecule has 2 aliphatic rings. The Morgan fingerprint density at radius 1 is 1.47 bits per heavy atom. The van der Waals surface area contributed by atoms with Crippen molar-refractivity contribution in [1.29, 1.82) is 0 Å². The van der Waals surface area contributed by atoms with Gasteiger partial charge in [-0.3, -0.25) is 9.69 Å². The Morgan fingerprint density at radius 3 is 2.76 bits per heavy atom. The van der Waals surface area contributed by atoms with Gasteiger partial charge in [-0.15, -0.1) is 0 Å². The van der Waals surface area contributed by atoms with E-state index in [0.29, 0.717) is 6.04 Å². The molecule has 5 nitrogen and oxygen atoms in total. The number of aliphatic hydroxyl groups excluding tert-OH is 1. The summed E-state index contributed by atoms with van der Waals surface area (Å²) >= 11 is 0. The van der Waals surface area contributed by atoms with Gasteiger partial charge in [0.05, 0.1) is 6.61 Å². The third kappa shape index (κ3) is 3.18. The van der Waals surface area contributed by atoms with Crippen molar-refractivity contribution in [1.82, 2.24) is 15.5 Å². The van der Waals surface area contributed by atoms with E-state index in [4.69, 9.17) is 0 Å². The molecule has 0 bridgehead atoms. The SMILES string of the molecule is CC(=O)NC1CC(CO)N(C2CCNCC2)C1. The first-order valence-corrected chi connectivity index (χ1v) is 6.55. The third-order valence-corrected chi connectivity index (χ3v) is 3.85. The Kier molecular flexibility index (Phi) is 4.36. The van der Waals surface area contributed by atoms with Gasteiger partial charge in [0, 0.05) is 31.6 Å². The molecule has 2 heterocycles. The number of piperidine rings is 1. The van der Waals surface area contributed by atoms with Crippen LogP contribution >= 0.6 is 0 Å². The first-order valence-electron chi connectivity index (χ1n) is 6.55. The van der Waals surface area contributed by atoms with E-state index in [1.165, 1.54) is 0 Å². The summed E-state index contributed by atoms with van der Waals surface area (Å²) < 4.78 is 0. The van der Waals surface area contributed by atoms with Gasteiger partial charge in [-0.25, -0.2) is 0 Å². The molecule has 0 spiro atoms. The van der Waals surface area contributed by atoms with E-state index in [1.807, 2.05) is 0 Å². The van der Waals surface area contributed by atoms with Crippen LogP contribution in [0.1, 0.15) is 26.2 Å². The second kappa shape index (κ2) is 5.80. The largest absolute Gasteiger partial charge is 0.395 e. The van der Waals surface area contributed by atoms with Gasteiger partial charge in [-0.2, -0.15) is 0 Å². The van der Waals surface area contributed by atoms with Gasteiger partial charge >= 0.3 is 0 Å². The van der Waals surface area contributed by atoms with Crippen LogP contribution in [0.25, 0.3) is 0 Å². The quantitative estimate of drug-likeness (QED) is 0.612. The van der Waals surface area contributed by atoms with Crippen LogP contribution in [-0.4, -0.2) is 60.3 Å². The van der Waals surface area contributed by atoms with Crippen molar-refractivity contribution < 1.29 is 9.90 Å². The summed E-state index contributed by atoms with van der Waals surface area (Å²) in [4.78, 5) is 13.5. The van der Waals surface area contributed by atoms with Gasteiger partial charge < -0.3 is 15.7 Å². The number of likely N-dealkylation sites (tertiary alicyclic amines) is 1. The summed E-state index contributed by atoms with van der Waals surface area (Å²) in [5.41, 5.74) is 0. The lowest BCUT2D eigenvalue weighted by Gasteiger charge is -2.35. The zero-order valence-electron chi connectivity index (χ0n) is 10.5. The second-order valence-electron chi connectivity index (χ2n) is 5.15. The first-order chi connectivity index (χ1) is 8.20. The molecule has 3 N–H and O–H groups in total. The van der Waals surface area contributed by atoms with Gasteiger partial charge in [0.1, 0.15) is 0 Å². The molecule has 0 aromatic rings. The van der Waals surface area contributed by atoms with E-state index in [-0.39, 0.29) is 24.6 Å². The Balaban J connectivity index is 1.93. The molecule has 2 aliphatic heterocycles. The number of hydrogen-bond acceptors (Lipinski definition) is 4. The fourth-order valence-electron chi connectivity index (χ4n) is 3.10. The van der Waals surface area contributed by atoms with Gasteiger partial charge in [0.2, 0.25) is 5.91 Å². The van der Waals surface area contributed by atoms with E-state index >= 15 is 0 Å². The number of nitrogens with zero attached hydrogens (tertiary/aromatic N) is 1. The number of carbonyl (C=O) groups excluding carboxylic acids is 1. The van der Waals surface area contributed by atoms with Gasteiger partial charge in [0.25, 0.3) is 0 Å². The molecule has 2 saturated heterocycles. The normalized spacial score (nSPS) is 31.6. The number of carbonyl (C=O) groups is 1. The summed E-state index contributed by atoms with van der Waals surface area (Å²) in [5.74, 6) is 0.0267. The summed E-state index contributed by atoms with van der Waals surface area (Å²) in [7, 11) is 0. The Labute approximate surface area is 103 Å². The van der Waals surface area contributed by atoms with Crippen LogP contribution in [0.15, 0.2) is 0 Å². The highest BCUT2D eigenvalue weighted by molar-refractivity contribution is 5.73. The van der Waals surface area contributed by atoms with Crippen molar-refractivity contribution in [2.45, 2.75) is 44.3 Å². The van der Waals surface area contributed by atoms with Gasteiger partial charge in [0.15, 0.2) is 0 Å². The Morgan fingerprint density at radius 2 is 2.18 bits per heavy atom. The summed E-state index contributed by atoms with van der Waals surface area (Å²) in [6.07, 6.45) is 3.16. The van der Waals surface area contributed by atoms with Crippen LogP contribution in [0.5, 0.6) is 0 Å². The van der Waals surface area contributed by atoms with E-state index in [2.05, 4.69) is 15.5 Å². The number of nitrogens with one attached hydrogen (secondary N) is 2. The standard InChI is InChI=1S/C12H23N3O2/c1-9(17)14-10-6-12(8-16)15(7-10)11-2-4-13-5-3-11/h10-13,16H,2-8H2,1H3,(H,14,17). The van der Waals surface area contributed by atoms with Gasteiger partial charge in [-0.05, 0) is 32.4 Å². The summed E-state index contributed by atoms with van der Waals surface area (Å²) in [6.45, 7) is 4.75.